The summed E-state index contributed by atoms with van der Waals surface area (Å²) >= 11 is 0. The predicted molar refractivity (Wildman–Crippen MR) is 169 cm³/mol. The molecule has 3 aromatic rings. The first-order valence-electron chi connectivity index (χ1n) is 15.0. The summed E-state index contributed by atoms with van der Waals surface area (Å²) in [6.07, 6.45) is 5.81. The van der Waals surface area contributed by atoms with Crippen LogP contribution in [0.1, 0.15) is 70.2 Å². The van der Waals surface area contributed by atoms with Crippen molar-refractivity contribution in [2.75, 3.05) is 34.2 Å². The van der Waals surface area contributed by atoms with Gasteiger partial charge in [0.1, 0.15) is 18.2 Å². The van der Waals surface area contributed by atoms with Crippen molar-refractivity contribution in [3.8, 4) is 6.07 Å². The zero-order chi connectivity index (χ0) is 30.7. The Bertz CT molecular complexity index is 1550. The second-order valence-electron chi connectivity index (χ2n) is 11.9. The molecule has 9 nitrogen and oxygen atoms in total. The van der Waals surface area contributed by atoms with Gasteiger partial charge in [-0.3, -0.25) is 4.79 Å². The molecule has 5 rings (SSSR count). The number of nitrogens with one attached hydrogen (secondary N) is 3. The molecular weight excluding hydrogens is 536 g/mol. The average molecular weight is 579 g/mol. The van der Waals surface area contributed by atoms with Gasteiger partial charge in [0.25, 0.3) is 5.91 Å². The number of likely N-dealkylation sites (tertiary alicyclic amines) is 1. The molecule has 1 aliphatic carbocycles. The van der Waals surface area contributed by atoms with E-state index in [1.54, 1.807) is 25.3 Å². The van der Waals surface area contributed by atoms with E-state index < -0.39 is 5.41 Å². The number of H-pyrrole nitrogens is 1. The SMILES string of the molecule is C=C(NC)c1ccc2c(c1)CCc1cc(C(=O)N(C)C)ccc1C2(C[C@@H](C)NCC(=C)N1CCCC1C#N)c1nnc[nH]1. The van der Waals surface area contributed by atoms with E-state index in [0.717, 1.165) is 66.1 Å². The molecule has 3 atom stereocenters. The summed E-state index contributed by atoms with van der Waals surface area (Å²) in [7, 11) is 5.44. The fourth-order valence-corrected chi connectivity index (χ4v) is 6.76. The fraction of sp³-hybridized carbons (Fsp3) is 0.412. The van der Waals surface area contributed by atoms with Gasteiger partial charge in [-0.25, -0.2) is 0 Å². The van der Waals surface area contributed by atoms with Crippen LogP contribution in [0, 0.1) is 11.3 Å². The van der Waals surface area contributed by atoms with E-state index in [1.165, 1.54) is 11.1 Å². The minimum atomic E-state index is -0.659. The number of hydrogen-bond donors (Lipinski definition) is 3. The van der Waals surface area contributed by atoms with E-state index in [1.807, 2.05) is 13.1 Å². The van der Waals surface area contributed by atoms with Crippen LogP contribution in [-0.2, 0) is 18.3 Å². The van der Waals surface area contributed by atoms with Crippen molar-refractivity contribution in [1.82, 2.24) is 35.6 Å². The first-order valence-corrected chi connectivity index (χ1v) is 15.0. The topological polar surface area (TPSA) is 113 Å². The normalized spacial score (nSPS) is 19.9. The summed E-state index contributed by atoms with van der Waals surface area (Å²) in [5, 5.41) is 25.3. The van der Waals surface area contributed by atoms with Crippen molar-refractivity contribution < 1.29 is 4.79 Å². The lowest BCUT2D eigenvalue weighted by molar-refractivity contribution is 0.0827. The number of aromatic nitrogens is 3. The number of hydrogen-bond acceptors (Lipinski definition) is 7. The average Bonchev–Trinajstić information content (AvgIpc) is 3.71. The van der Waals surface area contributed by atoms with Crippen molar-refractivity contribution in [2.24, 2.45) is 0 Å². The monoisotopic (exact) mass is 578 g/mol. The summed E-state index contributed by atoms with van der Waals surface area (Å²) in [5.74, 6) is 0.744. The molecule has 3 N–H and O–H groups in total. The van der Waals surface area contributed by atoms with E-state index in [0.29, 0.717) is 18.5 Å². The Balaban J connectivity index is 1.60. The first-order chi connectivity index (χ1) is 20.7. The van der Waals surface area contributed by atoms with Crippen LogP contribution in [0.5, 0.6) is 0 Å². The Kier molecular flexibility index (Phi) is 8.69. The Morgan fingerprint density at radius 2 is 1.86 bits per heavy atom. The Labute approximate surface area is 254 Å². The van der Waals surface area contributed by atoms with Crippen LogP contribution >= 0.6 is 0 Å². The van der Waals surface area contributed by atoms with Crippen LogP contribution < -0.4 is 10.6 Å². The lowest BCUT2D eigenvalue weighted by atomic mass is 9.67. The number of nitrogens with zero attached hydrogens (tertiary/aromatic N) is 5. The molecule has 0 radical (unpaired) electrons. The largest absolute Gasteiger partial charge is 0.388 e. The molecule has 43 heavy (non-hydrogen) atoms. The molecule has 1 amide bonds. The molecule has 2 heterocycles. The highest BCUT2D eigenvalue weighted by Gasteiger charge is 2.45. The fourth-order valence-electron chi connectivity index (χ4n) is 6.76. The van der Waals surface area contributed by atoms with E-state index in [2.05, 4.69) is 87.2 Å². The van der Waals surface area contributed by atoms with Gasteiger partial charge in [-0.2, -0.15) is 5.26 Å². The Hall–Kier alpha value is -4.42. The number of carbonyl (C=O) groups excluding carboxylic acids is 1. The van der Waals surface area contributed by atoms with Crippen molar-refractivity contribution >= 4 is 11.6 Å². The van der Waals surface area contributed by atoms with E-state index in [4.69, 9.17) is 0 Å². The highest BCUT2D eigenvalue weighted by molar-refractivity contribution is 5.94. The Morgan fingerprint density at radius 1 is 1.19 bits per heavy atom. The molecular formula is C34H42N8O. The van der Waals surface area contributed by atoms with Gasteiger partial charge in [-0.15, -0.1) is 10.2 Å². The molecule has 2 aliphatic rings. The lowest BCUT2D eigenvalue weighted by Crippen LogP contribution is -2.42. The van der Waals surface area contributed by atoms with Crippen LogP contribution in [0.25, 0.3) is 5.70 Å². The zero-order valence-corrected chi connectivity index (χ0v) is 25.7. The van der Waals surface area contributed by atoms with Gasteiger partial charge < -0.3 is 25.4 Å². The molecule has 1 aliphatic heterocycles. The minimum absolute atomic E-state index is 0.0198. The number of amides is 1. The van der Waals surface area contributed by atoms with Gasteiger partial charge >= 0.3 is 0 Å². The van der Waals surface area contributed by atoms with Gasteiger partial charge in [0.05, 0.1) is 11.5 Å². The molecule has 1 fully saturated rings. The van der Waals surface area contributed by atoms with Gasteiger partial charge in [0, 0.05) is 57.2 Å². The molecule has 0 spiro atoms. The van der Waals surface area contributed by atoms with Crippen LogP contribution in [0.15, 0.2) is 61.6 Å². The van der Waals surface area contributed by atoms with Crippen molar-refractivity contribution in [1.29, 1.82) is 5.26 Å². The van der Waals surface area contributed by atoms with E-state index >= 15 is 0 Å². The third kappa shape index (κ3) is 5.67. The maximum Gasteiger partial charge on any atom is 0.253 e. The molecule has 1 saturated heterocycles. The molecule has 2 unspecified atom stereocenters. The smallest absolute Gasteiger partial charge is 0.253 e. The van der Waals surface area contributed by atoms with Gasteiger partial charge in [-0.05, 0) is 85.0 Å². The summed E-state index contributed by atoms with van der Waals surface area (Å²) in [6, 6.07) is 15.0. The summed E-state index contributed by atoms with van der Waals surface area (Å²) in [4.78, 5) is 20.1. The predicted octanol–water partition coefficient (Wildman–Crippen LogP) is 4.00. The highest BCUT2D eigenvalue weighted by atomic mass is 16.2. The highest BCUT2D eigenvalue weighted by Crippen LogP contribution is 2.47. The van der Waals surface area contributed by atoms with Gasteiger partial charge in [0.2, 0.25) is 0 Å². The van der Waals surface area contributed by atoms with E-state index in [9.17, 15) is 10.1 Å². The molecule has 1 aromatic heterocycles. The van der Waals surface area contributed by atoms with Crippen LogP contribution in [0.2, 0.25) is 0 Å². The molecule has 2 aromatic carbocycles. The molecule has 9 heteroatoms. The standard InChI is InChI=1S/C34H42N8O/c1-22(37-20-23(2)42-15-7-8-29(42)19-35)18-34(33-38-21-39-40-33)30-13-11-25(24(3)36-4)16-26(30)9-10-27-17-28(12-14-31(27)34)32(43)41(5)6/h11-14,16-17,21-22,29,36-37H,2-3,7-10,15,18,20H2,1,4-6H3,(H,38,39,40)/t22-,29?,34?/m1/s1. The second kappa shape index (κ2) is 12.4. The quantitative estimate of drug-likeness (QED) is 0.333. The minimum Gasteiger partial charge on any atom is -0.388 e. The summed E-state index contributed by atoms with van der Waals surface area (Å²) < 4.78 is 0. The molecule has 0 saturated carbocycles. The zero-order valence-electron chi connectivity index (χ0n) is 25.7. The summed E-state index contributed by atoms with van der Waals surface area (Å²) in [6.45, 7) is 12.1. The number of aryl methyl sites for hydroxylation is 2. The van der Waals surface area contributed by atoms with Crippen LogP contribution in [0.3, 0.4) is 0 Å². The van der Waals surface area contributed by atoms with Gasteiger partial charge in [-0.1, -0.05) is 31.4 Å². The number of carbonyl (C=O) groups is 1. The van der Waals surface area contributed by atoms with Gasteiger partial charge in [0.15, 0.2) is 0 Å². The van der Waals surface area contributed by atoms with Crippen molar-refractivity contribution in [3.05, 3.63) is 101 Å². The number of nitriles is 1. The lowest BCUT2D eigenvalue weighted by Gasteiger charge is -2.37. The number of benzene rings is 2. The number of fused-ring (bicyclic) bond motifs is 2. The maximum absolute atomic E-state index is 13.0. The third-order valence-corrected chi connectivity index (χ3v) is 8.99. The molecule has 224 valence electrons. The van der Waals surface area contributed by atoms with Crippen molar-refractivity contribution in [2.45, 2.75) is 56.5 Å². The van der Waals surface area contributed by atoms with Crippen LogP contribution in [-0.4, -0.2) is 77.2 Å². The maximum atomic E-state index is 13.0. The third-order valence-electron chi connectivity index (χ3n) is 8.99. The van der Waals surface area contributed by atoms with E-state index in [-0.39, 0.29) is 18.0 Å². The second-order valence-corrected chi connectivity index (χ2v) is 11.9. The van der Waals surface area contributed by atoms with Crippen molar-refractivity contribution in [3.63, 3.8) is 0 Å². The first kappa shape index (κ1) is 30.1. The number of rotatable bonds is 10. The molecule has 0 bridgehead atoms. The Morgan fingerprint density at radius 3 is 2.47 bits per heavy atom. The number of aromatic amines is 1. The summed E-state index contributed by atoms with van der Waals surface area (Å²) in [5.41, 5.74) is 7.48. The van der Waals surface area contributed by atoms with Crippen LogP contribution in [0.4, 0.5) is 0 Å².